The molecule has 0 saturated carbocycles. The summed E-state index contributed by atoms with van der Waals surface area (Å²) in [6.07, 6.45) is 0. The molecule has 2 heteroatoms. The van der Waals surface area contributed by atoms with Crippen molar-refractivity contribution in [2.75, 3.05) is 11.9 Å². The van der Waals surface area contributed by atoms with Crippen molar-refractivity contribution >= 4 is 5.69 Å². The maximum atomic E-state index is 9.15. The van der Waals surface area contributed by atoms with Gasteiger partial charge in [0, 0.05) is 12.7 Å². The van der Waals surface area contributed by atoms with Crippen LogP contribution in [-0.4, -0.2) is 12.6 Å². The van der Waals surface area contributed by atoms with Gasteiger partial charge in [-0.15, -0.1) is 0 Å². The highest BCUT2D eigenvalue weighted by Gasteiger charge is 2.24. The average molecular weight is 216 g/mol. The van der Waals surface area contributed by atoms with Gasteiger partial charge in [0.15, 0.2) is 0 Å². The van der Waals surface area contributed by atoms with Gasteiger partial charge in [-0.05, 0) is 57.4 Å². The van der Waals surface area contributed by atoms with Gasteiger partial charge in [0.05, 0.1) is 6.07 Å². The van der Waals surface area contributed by atoms with E-state index < -0.39 is 5.54 Å². The van der Waals surface area contributed by atoms with Gasteiger partial charge in [-0.3, -0.25) is 0 Å². The Balaban J connectivity index is 3.27. The predicted molar refractivity (Wildman–Crippen MR) is 68.7 cm³/mol. The van der Waals surface area contributed by atoms with Gasteiger partial charge < -0.3 is 4.90 Å². The van der Waals surface area contributed by atoms with Crippen LogP contribution in [0.3, 0.4) is 0 Å². The van der Waals surface area contributed by atoms with Crippen molar-refractivity contribution in [1.82, 2.24) is 0 Å². The molecule has 2 nitrogen and oxygen atoms in total. The van der Waals surface area contributed by atoms with Crippen molar-refractivity contribution in [2.24, 2.45) is 0 Å². The number of nitriles is 1. The van der Waals surface area contributed by atoms with Crippen LogP contribution in [-0.2, 0) is 0 Å². The lowest BCUT2D eigenvalue weighted by atomic mass is 9.98. The van der Waals surface area contributed by atoms with Gasteiger partial charge in [0.2, 0.25) is 0 Å². The standard InChI is InChI=1S/C14H20N2/c1-10-7-8-13(12(3)11(10)2)16(6)14(4,5)9-15/h7-8H,1-6H3. The zero-order chi connectivity index (χ0) is 12.5. The number of aryl methyl sites for hydroxylation is 1. The second kappa shape index (κ2) is 4.17. The maximum Gasteiger partial charge on any atom is 0.121 e. The minimum atomic E-state index is -0.480. The molecule has 0 radical (unpaired) electrons. The van der Waals surface area contributed by atoms with Crippen LogP contribution < -0.4 is 4.90 Å². The normalized spacial score (nSPS) is 11.1. The average Bonchev–Trinajstić information content (AvgIpc) is 2.25. The minimum absolute atomic E-state index is 0.480. The highest BCUT2D eigenvalue weighted by atomic mass is 15.2. The molecule has 1 rings (SSSR count). The molecule has 0 unspecified atom stereocenters. The summed E-state index contributed by atoms with van der Waals surface area (Å²) in [6.45, 7) is 10.2. The molecule has 16 heavy (non-hydrogen) atoms. The third kappa shape index (κ3) is 2.04. The van der Waals surface area contributed by atoms with Gasteiger partial charge in [0.1, 0.15) is 5.54 Å². The molecule has 0 aliphatic heterocycles. The Morgan fingerprint density at radius 2 is 1.69 bits per heavy atom. The summed E-state index contributed by atoms with van der Waals surface area (Å²) in [5.74, 6) is 0. The second-order valence-electron chi connectivity index (χ2n) is 4.88. The van der Waals surface area contributed by atoms with E-state index in [0.29, 0.717) is 0 Å². The van der Waals surface area contributed by atoms with Crippen molar-refractivity contribution in [3.8, 4) is 6.07 Å². The molecule has 0 bridgehead atoms. The molecule has 0 aromatic heterocycles. The molecule has 0 heterocycles. The highest BCUT2D eigenvalue weighted by Crippen LogP contribution is 2.28. The van der Waals surface area contributed by atoms with Crippen LogP contribution in [0.1, 0.15) is 30.5 Å². The van der Waals surface area contributed by atoms with Crippen molar-refractivity contribution in [3.05, 3.63) is 28.8 Å². The largest absolute Gasteiger partial charge is 0.357 e. The zero-order valence-corrected chi connectivity index (χ0v) is 11.0. The molecule has 1 aromatic carbocycles. The molecule has 0 aliphatic carbocycles. The Morgan fingerprint density at radius 1 is 1.12 bits per heavy atom. The van der Waals surface area contributed by atoms with E-state index in [0.717, 1.165) is 5.69 Å². The highest BCUT2D eigenvalue weighted by molar-refractivity contribution is 5.59. The summed E-state index contributed by atoms with van der Waals surface area (Å²) in [7, 11) is 1.97. The van der Waals surface area contributed by atoms with Gasteiger partial charge in [0.25, 0.3) is 0 Å². The zero-order valence-electron chi connectivity index (χ0n) is 11.0. The molecule has 0 spiro atoms. The van der Waals surface area contributed by atoms with E-state index >= 15 is 0 Å². The molecule has 0 saturated heterocycles. The topological polar surface area (TPSA) is 27.0 Å². The Hall–Kier alpha value is -1.49. The summed E-state index contributed by atoms with van der Waals surface area (Å²) < 4.78 is 0. The van der Waals surface area contributed by atoms with E-state index in [4.69, 9.17) is 5.26 Å². The number of hydrogen-bond donors (Lipinski definition) is 0. The van der Waals surface area contributed by atoms with E-state index in [1.807, 2.05) is 25.8 Å². The van der Waals surface area contributed by atoms with E-state index in [1.165, 1.54) is 16.7 Å². The Bertz CT molecular complexity index is 439. The lowest BCUT2D eigenvalue weighted by Crippen LogP contribution is -2.40. The van der Waals surface area contributed by atoms with E-state index in [9.17, 15) is 0 Å². The number of benzene rings is 1. The van der Waals surface area contributed by atoms with Crippen molar-refractivity contribution in [1.29, 1.82) is 5.26 Å². The fourth-order valence-electron chi connectivity index (χ4n) is 1.68. The van der Waals surface area contributed by atoms with E-state index in [-0.39, 0.29) is 0 Å². The summed E-state index contributed by atoms with van der Waals surface area (Å²) in [5.41, 5.74) is 4.51. The smallest absolute Gasteiger partial charge is 0.121 e. The monoisotopic (exact) mass is 216 g/mol. The molecular weight excluding hydrogens is 196 g/mol. The number of rotatable bonds is 2. The fourth-order valence-corrected chi connectivity index (χ4v) is 1.68. The first-order valence-corrected chi connectivity index (χ1v) is 5.53. The van der Waals surface area contributed by atoms with Crippen LogP contribution in [0.25, 0.3) is 0 Å². The number of anilines is 1. The van der Waals surface area contributed by atoms with Crippen LogP contribution in [0.2, 0.25) is 0 Å². The summed E-state index contributed by atoms with van der Waals surface area (Å²) >= 11 is 0. The number of nitrogens with zero attached hydrogens (tertiary/aromatic N) is 2. The third-order valence-electron chi connectivity index (χ3n) is 3.50. The molecule has 0 N–H and O–H groups in total. The van der Waals surface area contributed by atoms with Gasteiger partial charge in [-0.1, -0.05) is 6.07 Å². The molecule has 0 fully saturated rings. The third-order valence-corrected chi connectivity index (χ3v) is 3.50. The lowest BCUT2D eigenvalue weighted by Gasteiger charge is -2.33. The first-order valence-electron chi connectivity index (χ1n) is 5.53. The Kier molecular flexibility index (Phi) is 3.28. The van der Waals surface area contributed by atoms with Gasteiger partial charge >= 0.3 is 0 Å². The summed E-state index contributed by atoms with van der Waals surface area (Å²) in [6, 6.07) is 6.53. The SMILES string of the molecule is Cc1ccc(N(C)C(C)(C)C#N)c(C)c1C. The fraction of sp³-hybridized carbons (Fsp3) is 0.500. The number of hydrogen-bond acceptors (Lipinski definition) is 2. The van der Waals surface area contributed by atoms with Crippen LogP contribution in [0, 0.1) is 32.1 Å². The van der Waals surface area contributed by atoms with E-state index in [2.05, 4.69) is 39.0 Å². The van der Waals surface area contributed by atoms with E-state index in [1.54, 1.807) is 0 Å². The molecule has 0 atom stereocenters. The molecule has 0 aliphatic rings. The quantitative estimate of drug-likeness (QED) is 0.758. The van der Waals surface area contributed by atoms with Crippen LogP contribution in [0.15, 0.2) is 12.1 Å². The predicted octanol–water partition coefficient (Wildman–Crippen LogP) is 3.35. The van der Waals surface area contributed by atoms with Crippen LogP contribution >= 0.6 is 0 Å². The summed E-state index contributed by atoms with van der Waals surface area (Å²) in [5, 5.41) is 9.15. The molecule has 1 aromatic rings. The Morgan fingerprint density at radius 3 is 2.19 bits per heavy atom. The second-order valence-corrected chi connectivity index (χ2v) is 4.88. The van der Waals surface area contributed by atoms with Gasteiger partial charge in [-0.2, -0.15) is 5.26 Å². The van der Waals surface area contributed by atoms with Gasteiger partial charge in [-0.25, -0.2) is 0 Å². The van der Waals surface area contributed by atoms with Crippen LogP contribution in [0.4, 0.5) is 5.69 Å². The minimum Gasteiger partial charge on any atom is -0.357 e. The maximum absolute atomic E-state index is 9.15. The molecule has 0 amide bonds. The molecule has 86 valence electrons. The first kappa shape index (κ1) is 12.6. The van der Waals surface area contributed by atoms with Crippen molar-refractivity contribution in [3.63, 3.8) is 0 Å². The lowest BCUT2D eigenvalue weighted by molar-refractivity contribution is 0.615. The first-order chi connectivity index (χ1) is 7.31. The van der Waals surface area contributed by atoms with Crippen molar-refractivity contribution < 1.29 is 0 Å². The summed E-state index contributed by atoms with van der Waals surface area (Å²) in [4.78, 5) is 2.04. The Labute approximate surface area is 98.5 Å². The molecular formula is C14H20N2. The van der Waals surface area contributed by atoms with Crippen LogP contribution in [0.5, 0.6) is 0 Å². The van der Waals surface area contributed by atoms with Crippen molar-refractivity contribution in [2.45, 2.75) is 40.2 Å².